The van der Waals surface area contributed by atoms with Crippen molar-refractivity contribution in [2.75, 3.05) is 0 Å². The Morgan fingerprint density at radius 3 is 2.50 bits per heavy atom. The van der Waals surface area contributed by atoms with Gasteiger partial charge in [-0.15, -0.1) is 0 Å². The van der Waals surface area contributed by atoms with Crippen molar-refractivity contribution in [2.24, 2.45) is 5.73 Å². The SMILES string of the molecule is NCc1cccn(-c2ccc(Cl)cc2)c1=O. The van der Waals surface area contributed by atoms with Crippen LogP contribution >= 0.6 is 11.6 Å². The second kappa shape index (κ2) is 4.51. The Morgan fingerprint density at radius 2 is 1.88 bits per heavy atom. The fourth-order valence-corrected chi connectivity index (χ4v) is 1.63. The summed E-state index contributed by atoms with van der Waals surface area (Å²) in [5.74, 6) is 0. The van der Waals surface area contributed by atoms with Crippen molar-refractivity contribution in [1.82, 2.24) is 4.57 Å². The molecule has 0 aliphatic heterocycles. The molecular weight excluding hydrogens is 224 g/mol. The highest BCUT2D eigenvalue weighted by Crippen LogP contribution is 2.11. The lowest BCUT2D eigenvalue weighted by Crippen LogP contribution is -2.23. The first kappa shape index (κ1) is 10.9. The number of halogens is 1. The van der Waals surface area contributed by atoms with E-state index in [9.17, 15) is 4.79 Å². The summed E-state index contributed by atoms with van der Waals surface area (Å²) >= 11 is 5.79. The van der Waals surface area contributed by atoms with Gasteiger partial charge < -0.3 is 5.73 Å². The minimum absolute atomic E-state index is 0.0904. The van der Waals surface area contributed by atoms with Crippen molar-refractivity contribution >= 4 is 11.6 Å². The van der Waals surface area contributed by atoms with Gasteiger partial charge in [-0.1, -0.05) is 17.7 Å². The highest BCUT2D eigenvalue weighted by molar-refractivity contribution is 6.30. The lowest BCUT2D eigenvalue weighted by atomic mass is 10.2. The van der Waals surface area contributed by atoms with Gasteiger partial charge in [-0.05, 0) is 30.3 Å². The van der Waals surface area contributed by atoms with E-state index in [0.29, 0.717) is 10.6 Å². The van der Waals surface area contributed by atoms with Crippen LogP contribution in [-0.2, 0) is 6.54 Å². The Morgan fingerprint density at radius 1 is 1.19 bits per heavy atom. The molecule has 82 valence electrons. The smallest absolute Gasteiger partial charge is 0.259 e. The zero-order valence-electron chi connectivity index (χ0n) is 8.56. The average molecular weight is 235 g/mol. The zero-order chi connectivity index (χ0) is 11.5. The van der Waals surface area contributed by atoms with Crippen LogP contribution in [0.25, 0.3) is 5.69 Å². The quantitative estimate of drug-likeness (QED) is 0.864. The molecule has 2 aromatic rings. The van der Waals surface area contributed by atoms with Crippen LogP contribution in [0, 0.1) is 0 Å². The Hall–Kier alpha value is -1.58. The van der Waals surface area contributed by atoms with Crippen LogP contribution in [0.2, 0.25) is 5.02 Å². The van der Waals surface area contributed by atoms with Gasteiger partial charge in [-0.2, -0.15) is 0 Å². The number of benzene rings is 1. The van der Waals surface area contributed by atoms with Gasteiger partial charge >= 0.3 is 0 Å². The molecule has 0 spiro atoms. The number of hydrogen-bond donors (Lipinski definition) is 1. The van der Waals surface area contributed by atoms with Crippen molar-refractivity contribution in [2.45, 2.75) is 6.54 Å². The highest BCUT2D eigenvalue weighted by Gasteiger charge is 2.02. The molecule has 0 unspecified atom stereocenters. The lowest BCUT2D eigenvalue weighted by molar-refractivity contribution is 0.925. The van der Waals surface area contributed by atoms with Gasteiger partial charge in [0, 0.05) is 29.0 Å². The molecule has 16 heavy (non-hydrogen) atoms. The largest absolute Gasteiger partial charge is 0.326 e. The first-order chi connectivity index (χ1) is 7.72. The Bertz CT molecular complexity index is 546. The molecule has 0 atom stereocenters. The third kappa shape index (κ3) is 2.01. The molecule has 4 heteroatoms. The van der Waals surface area contributed by atoms with E-state index < -0.39 is 0 Å². The summed E-state index contributed by atoms with van der Waals surface area (Å²) in [7, 11) is 0. The number of nitrogens with two attached hydrogens (primary N) is 1. The molecule has 1 heterocycles. The number of aromatic nitrogens is 1. The normalized spacial score (nSPS) is 10.4. The van der Waals surface area contributed by atoms with E-state index in [1.165, 1.54) is 0 Å². The maximum absolute atomic E-state index is 11.9. The molecule has 0 fully saturated rings. The number of rotatable bonds is 2. The van der Waals surface area contributed by atoms with Crippen LogP contribution in [0.4, 0.5) is 0 Å². The predicted octanol–water partition coefficient (Wildman–Crippen LogP) is 1.95. The molecule has 3 nitrogen and oxygen atoms in total. The van der Waals surface area contributed by atoms with Gasteiger partial charge in [0.1, 0.15) is 0 Å². The fraction of sp³-hybridized carbons (Fsp3) is 0.0833. The van der Waals surface area contributed by atoms with Gasteiger partial charge in [0.25, 0.3) is 5.56 Å². The van der Waals surface area contributed by atoms with E-state index in [4.69, 9.17) is 17.3 Å². The molecule has 0 bridgehead atoms. The van der Waals surface area contributed by atoms with Gasteiger partial charge in [-0.25, -0.2) is 0 Å². The van der Waals surface area contributed by atoms with Crippen molar-refractivity contribution in [3.05, 3.63) is 63.5 Å². The van der Waals surface area contributed by atoms with Gasteiger partial charge in [-0.3, -0.25) is 9.36 Å². The minimum atomic E-state index is -0.0904. The average Bonchev–Trinajstić information content (AvgIpc) is 2.31. The van der Waals surface area contributed by atoms with Crippen molar-refractivity contribution < 1.29 is 0 Å². The lowest BCUT2D eigenvalue weighted by Gasteiger charge is -2.06. The van der Waals surface area contributed by atoms with Gasteiger partial charge in [0.05, 0.1) is 0 Å². The summed E-state index contributed by atoms with van der Waals surface area (Å²) in [6, 6.07) is 10.6. The first-order valence-corrected chi connectivity index (χ1v) is 5.26. The third-order valence-corrected chi connectivity index (χ3v) is 2.60. The summed E-state index contributed by atoms with van der Waals surface area (Å²) in [6.07, 6.45) is 1.71. The van der Waals surface area contributed by atoms with Crippen LogP contribution in [0.15, 0.2) is 47.4 Å². The monoisotopic (exact) mass is 234 g/mol. The molecule has 1 aromatic carbocycles. The molecular formula is C12H11ClN2O. The molecule has 0 saturated heterocycles. The molecule has 0 radical (unpaired) electrons. The van der Waals surface area contributed by atoms with E-state index in [-0.39, 0.29) is 12.1 Å². The fourth-order valence-electron chi connectivity index (χ4n) is 1.50. The summed E-state index contributed by atoms with van der Waals surface area (Å²) in [5.41, 5.74) is 6.77. The van der Waals surface area contributed by atoms with Gasteiger partial charge in [0.15, 0.2) is 0 Å². The van der Waals surface area contributed by atoms with E-state index >= 15 is 0 Å². The summed E-state index contributed by atoms with van der Waals surface area (Å²) in [6.45, 7) is 0.243. The molecule has 0 saturated carbocycles. The third-order valence-electron chi connectivity index (χ3n) is 2.35. The second-order valence-corrected chi connectivity index (χ2v) is 3.83. The van der Waals surface area contributed by atoms with E-state index in [2.05, 4.69) is 0 Å². The molecule has 0 aliphatic carbocycles. The first-order valence-electron chi connectivity index (χ1n) is 4.89. The standard InChI is InChI=1S/C12H11ClN2O/c13-10-3-5-11(6-4-10)15-7-1-2-9(8-14)12(15)16/h1-7H,8,14H2. The predicted molar refractivity (Wildman–Crippen MR) is 64.9 cm³/mol. The number of pyridine rings is 1. The Balaban J connectivity index is 2.56. The summed E-state index contributed by atoms with van der Waals surface area (Å²) in [4.78, 5) is 11.9. The van der Waals surface area contributed by atoms with E-state index in [1.54, 1.807) is 47.2 Å². The molecule has 2 N–H and O–H groups in total. The topological polar surface area (TPSA) is 48.0 Å². The minimum Gasteiger partial charge on any atom is -0.326 e. The van der Waals surface area contributed by atoms with Crippen molar-refractivity contribution in [3.8, 4) is 5.69 Å². The van der Waals surface area contributed by atoms with Crippen LogP contribution in [0.1, 0.15) is 5.56 Å². The number of nitrogens with zero attached hydrogens (tertiary/aromatic N) is 1. The Labute approximate surface area is 98.1 Å². The van der Waals surface area contributed by atoms with Crippen LogP contribution in [0.5, 0.6) is 0 Å². The van der Waals surface area contributed by atoms with E-state index in [0.717, 1.165) is 5.69 Å². The summed E-state index contributed by atoms with van der Waals surface area (Å²) < 4.78 is 1.55. The van der Waals surface area contributed by atoms with Gasteiger partial charge in [0.2, 0.25) is 0 Å². The molecule has 1 aromatic heterocycles. The molecule has 0 amide bonds. The molecule has 2 rings (SSSR count). The van der Waals surface area contributed by atoms with E-state index in [1.807, 2.05) is 0 Å². The number of hydrogen-bond acceptors (Lipinski definition) is 2. The maximum atomic E-state index is 11.9. The van der Waals surface area contributed by atoms with Crippen LogP contribution in [0.3, 0.4) is 0 Å². The van der Waals surface area contributed by atoms with Crippen LogP contribution < -0.4 is 11.3 Å². The van der Waals surface area contributed by atoms with Crippen molar-refractivity contribution in [1.29, 1.82) is 0 Å². The second-order valence-electron chi connectivity index (χ2n) is 3.39. The van der Waals surface area contributed by atoms with Crippen molar-refractivity contribution in [3.63, 3.8) is 0 Å². The Kier molecular flexibility index (Phi) is 3.08. The highest BCUT2D eigenvalue weighted by atomic mass is 35.5. The molecule has 0 aliphatic rings. The zero-order valence-corrected chi connectivity index (χ0v) is 9.32. The van der Waals surface area contributed by atoms with Crippen LogP contribution in [-0.4, -0.2) is 4.57 Å². The summed E-state index contributed by atoms with van der Waals surface area (Å²) in [5, 5.41) is 0.645. The maximum Gasteiger partial charge on any atom is 0.259 e.